The average Bonchev–Trinajstić information content (AvgIpc) is 2.66. The second-order valence-corrected chi connectivity index (χ2v) is 3.72. The van der Waals surface area contributed by atoms with Crippen LogP contribution in [-0.2, 0) is 4.74 Å². The molecule has 1 fully saturated rings. The van der Waals surface area contributed by atoms with Gasteiger partial charge in [-0.1, -0.05) is 26.7 Å². The van der Waals surface area contributed by atoms with Gasteiger partial charge in [0.05, 0.1) is 12.7 Å². The maximum absolute atomic E-state index is 8.66. The van der Waals surface area contributed by atoms with Crippen LogP contribution in [0.2, 0.25) is 0 Å². The van der Waals surface area contributed by atoms with Gasteiger partial charge in [0, 0.05) is 0 Å². The number of epoxide rings is 1. The lowest BCUT2D eigenvalue weighted by Crippen LogP contribution is -1.99. The first-order valence-corrected chi connectivity index (χ1v) is 4.50. The van der Waals surface area contributed by atoms with E-state index in [1.54, 1.807) is 0 Å². The van der Waals surface area contributed by atoms with Crippen LogP contribution in [0, 0.1) is 5.92 Å². The molecule has 2 atom stereocenters. The van der Waals surface area contributed by atoms with Crippen LogP contribution in [0.25, 0.3) is 0 Å². The summed E-state index contributed by atoms with van der Waals surface area (Å²) in [4.78, 5) is 0. The van der Waals surface area contributed by atoms with Gasteiger partial charge in [0.2, 0.25) is 0 Å². The quantitative estimate of drug-likeness (QED) is 0.616. The molecule has 11 heavy (non-hydrogen) atoms. The molecule has 0 radical (unpaired) electrons. The van der Waals surface area contributed by atoms with Crippen LogP contribution in [0.1, 0.15) is 33.1 Å². The fourth-order valence-corrected chi connectivity index (χ4v) is 1.32. The van der Waals surface area contributed by atoms with E-state index in [4.69, 9.17) is 9.84 Å². The zero-order chi connectivity index (χ0) is 8.27. The van der Waals surface area contributed by atoms with Crippen molar-refractivity contribution in [3.8, 4) is 0 Å². The highest BCUT2D eigenvalue weighted by molar-refractivity contribution is 4.83. The Morgan fingerprint density at radius 2 is 2.09 bits per heavy atom. The van der Waals surface area contributed by atoms with Crippen molar-refractivity contribution in [2.45, 2.75) is 45.3 Å². The normalized spacial score (nSPS) is 29.5. The topological polar surface area (TPSA) is 32.8 Å². The maximum Gasteiger partial charge on any atom is 0.107 e. The fraction of sp³-hybridized carbons (Fsp3) is 1.00. The summed E-state index contributed by atoms with van der Waals surface area (Å²) in [6.07, 6.45) is 4.18. The summed E-state index contributed by atoms with van der Waals surface area (Å²) < 4.78 is 5.20. The van der Waals surface area contributed by atoms with E-state index in [0.29, 0.717) is 6.10 Å². The van der Waals surface area contributed by atoms with E-state index in [1.807, 2.05) is 0 Å². The first kappa shape index (κ1) is 9.01. The van der Waals surface area contributed by atoms with E-state index >= 15 is 0 Å². The molecule has 0 bridgehead atoms. The second kappa shape index (κ2) is 4.07. The van der Waals surface area contributed by atoms with Crippen molar-refractivity contribution in [3.63, 3.8) is 0 Å². The minimum atomic E-state index is 0.169. The lowest BCUT2D eigenvalue weighted by Gasteiger charge is -2.01. The number of aliphatic hydroxyl groups is 1. The van der Waals surface area contributed by atoms with Crippen LogP contribution in [0.4, 0.5) is 0 Å². The van der Waals surface area contributed by atoms with Crippen LogP contribution in [0.3, 0.4) is 0 Å². The monoisotopic (exact) mass is 158 g/mol. The molecule has 0 unspecified atom stereocenters. The highest BCUT2D eigenvalue weighted by Crippen LogP contribution is 2.26. The Labute approximate surface area is 68.6 Å². The Morgan fingerprint density at radius 3 is 2.55 bits per heavy atom. The van der Waals surface area contributed by atoms with Gasteiger partial charge in [-0.15, -0.1) is 0 Å². The van der Waals surface area contributed by atoms with Crippen LogP contribution in [0.5, 0.6) is 0 Å². The largest absolute Gasteiger partial charge is 0.394 e. The zero-order valence-electron chi connectivity index (χ0n) is 7.42. The molecule has 1 rings (SSSR count). The molecule has 2 nitrogen and oxygen atoms in total. The standard InChI is InChI=1S/C9H18O2/c1-7(2)4-3-5-8-9(6-10)11-8/h7-10H,3-6H2,1-2H3/t8-,9+/m1/s1. The average molecular weight is 158 g/mol. The van der Waals surface area contributed by atoms with Gasteiger partial charge in [0.1, 0.15) is 6.10 Å². The summed E-state index contributed by atoms with van der Waals surface area (Å²) in [7, 11) is 0. The van der Waals surface area contributed by atoms with Gasteiger partial charge >= 0.3 is 0 Å². The number of hydrogen-bond donors (Lipinski definition) is 1. The number of ether oxygens (including phenoxy) is 1. The van der Waals surface area contributed by atoms with E-state index in [1.165, 1.54) is 12.8 Å². The van der Waals surface area contributed by atoms with Gasteiger partial charge in [-0.05, 0) is 12.3 Å². The summed E-state index contributed by atoms with van der Waals surface area (Å²) >= 11 is 0. The van der Waals surface area contributed by atoms with Gasteiger partial charge in [-0.2, -0.15) is 0 Å². The number of aliphatic hydroxyl groups excluding tert-OH is 1. The molecule has 1 saturated heterocycles. The third-order valence-corrected chi connectivity index (χ3v) is 2.14. The Hall–Kier alpha value is -0.0800. The minimum absolute atomic E-state index is 0.169. The maximum atomic E-state index is 8.66. The van der Waals surface area contributed by atoms with E-state index < -0.39 is 0 Å². The first-order chi connectivity index (χ1) is 5.24. The highest BCUT2D eigenvalue weighted by Gasteiger charge is 2.36. The molecular formula is C9H18O2. The summed E-state index contributed by atoms with van der Waals surface area (Å²) in [5, 5.41) is 8.66. The van der Waals surface area contributed by atoms with Crippen molar-refractivity contribution >= 4 is 0 Å². The molecule has 1 N–H and O–H groups in total. The van der Waals surface area contributed by atoms with Crippen molar-refractivity contribution < 1.29 is 9.84 Å². The third kappa shape index (κ3) is 3.21. The highest BCUT2D eigenvalue weighted by atomic mass is 16.6. The molecule has 1 aliphatic rings. The number of rotatable bonds is 5. The molecule has 66 valence electrons. The van der Waals surface area contributed by atoms with Crippen LogP contribution < -0.4 is 0 Å². The minimum Gasteiger partial charge on any atom is -0.394 e. The SMILES string of the molecule is CC(C)CCC[C@H]1O[C@H]1CO. The van der Waals surface area contributed by atoms with Gasteiger partial charge in [0.25, 0.3) is 0 Å². The predicted molar refractivity (Wildman–Crippen MR) is 44.4 cm³/mol. The molecule has 2 heteroatoms. The molecule has 1 heterocycles. The lowest BCUT2D eigenvalue weighted by atomic mass is 10.0. The lowest BCUT2D eigenvalue weighted by molar-refractivity contribution is 0.241. The molecule has 0 aromatic heterocycles. The van der Waals surface area contributed by atoms with Crippen molar-refractivity contribution in [3.05, 3.63) is 0 Å². The van der Waals surface area contributed by atoms with E-state index in [2.05, 4.69) is 13.8 Å². The van der Waals surface area contributed by atoms with E-state index in [0.717, 1.165) is 12.3 Å². The molecule has 0 spiro atoms. The molecular weight excluding hydrogens is 140 g/mol. The van der Waals surface area contributed by atoms with E-state index in [-0.39, 0.29) is 12.7 Å². The zero-order valence-corrected chi connectivity index (χ0v) is 7.42. The van der Waals surface area contributed by atoms with Gasteiger partial charge in [-0.25, -0.2) is 0 Å². The van der Waals surface area contributed by atoms with Crippen LogP contribution in [0.15, 0.2) is 0 Å². The Balaban J connectivity index is 1.90. The summed E-state index contributed by atoms with van der Waals surface area (Å²) in [6, 6.07) is 0. The van der Waals surface area contributed by atoms with Crippen LogP contribution >= 0.6 is 0 Å². The van der Waals surface area contributed by atoms with Crippen molar-refractivity contribution in [2.24, 2.45) is 5.92 Å². The smallest absolute Gasteiger partial charge is 0.107 e. The third-order valence-electron chi connectivity index (χ3n) is 2.14. The molecule has 0 amide bonds. The summed E-state index contributed by atoms with van der Waals surface area (Å²) in [5.41, 5.74) is 0. The molecule has 0 aliphatic carbocycles. The Kier molecular flexibility index (Phi) is 3.34. The Bertz CT molecular complexity index is 112. The van der Waals surface area contributed by atoms with Crippen LogP contribution in [-0.4, -0.2) is 23.9 Å². The molecule has 1 aliphatic heterocycles. The number of hydrogen-bond acceptors (Lipinski definition) is 2. The van der Waals surface area contributed by atoms with Gasteiger partial charge < -0.3 is 9.84 Å². The summed E-state index contributed by atoms with van der Waals surface area (Å²) in [5.74, 6) is 0.793. The predicted octanol–water partition coefficient (Wildman–Crippen LogP) is 1.57. The molecule has 0 saturated carbocycles. The van der Waals surface area contributed by atoms with Crippen molar-refractivity contribution in [2.75, 3.05) is 6.61 Å². The molecule has 0 aromatic carbocycles. The van der Waals surface area contributed by atoms with Crippen molar-refractivity contribution in [1.29, 1.82) is 0 Å². The first-order valence-electron chi connectivity index (χ1n) is 4.50. The van der Waals surface area contributed by atoms with E-state index in [9.17, 15) is 0 Å². The van der Waals surface area contributed by atoms with Gasteiger partial charge in [0.15, 0.2) is 0 Å². The van der Waals surface area contributed by atoms with Gasteiger partial charge in [-0.3, -0.25) is 0 Å². The Morgan fingerprint density at radius 1 is 1.36 bits per heavy atom. The molecule has 0 aromatic rings. The van der Waals surface area contributed by atoms with Crippen molar-refractivity contribution in [1.82, 2.24) is 0 Å². The fourth-order valence-electron chi connectivity index (χ4n) is 1.32. The summed E-state index contributed by atoms with van der Waals surface area (Å²) in [6.45, 7) is 4.67. The second-order valence-electron chi connectivity index (χ2n) is 3.72.